The highest BCUT2D eigenvalue weighted by molar-refractivity contribution is 5.89. The Labute approximate surface area is 153 Å². The number of hydrogen-bond donors (Lipinski definition) is 1. The molecule has 1 aromatic rings. The molecule has 0 saturated carbocycles. The van der Waals surface area contributed by atoms with Gasteiger partial charge >= 0.3 is 6.03 Å². The summed E-state index contributed by atoms with van der Waals surface area (Å²) in [6, 6.07) is 4.08. The first-order valence-electron chi connectivity index (χ1n) is 9.06. The number of rotatable bonds is 2. The first-order chi connectivity index (χ1) is 12.4. The Morgan fingerprint density at radius 1 is 1.19 bits per heavy atom. The van der Waals surface area contributed by atoms with Crippen molar-refractivity contribution < 1.29 is 18.7 Å². The number of carbonyl (C=O) groups excluding carboxylic acids is 2. The fourth-order valence-electron chi connectivity index (χ4n) is 3.82. The summed E-state index contributed by atoms with van der Waals surface area (Å²) in [5.74, 6) is 0.0989. The molecule has 1 aromatic carbocycles. The number of carbonyl (C=O) groups is 2. The van der Waals surface area contributed by atoms with Gasteiger partial charge in [-0.2, -0.15) is 0 Å². The SMILES string of the molecule is COc1ccc(NC(=O)N2CCC3(CCC(=O)N(C)CC3)CC2)c(F)c1. The molecule has 2 saturated heterocycles. The number of benzene rings is 1. The minimum atomic E-state index is -0.517. The number of nitrogens with one attached hydrogen (secondary N) is 1. The third-order valence-corrected chi connectivity index (χ3v) is 5.80. The lowest BCUT2D eigenvalue weighted by molar-refractivity contribution is -0.129. The zero-order chi connectivity index (χ0) is 18.7. The van der Waals surface area contributed by atoms with Crippen LogP contribution in [-0.4, -0.2) is 55.5 Å². The van der Waals surface area contributed by atoms with Crippen molar-refractivity contribution in [3.8, 4) is 5.75 Å². The lowest BCUT2D eigenvalue weighted by Crippen LogP contribution is -2.45. The smallest absolute Gasteiger partial charge is 0.321 e. The van der Waals surface area contributed by atoms with E-state index < -0.39 is 5.82 Å². The Kier molecular flexibility index (Phi) is 5.34. The van der Waals surface area contributed by atoms with E-state index in [0.717, 1.165) is 32.2 Å². The van der Waals surface area contributed by atoms with Crippen molar-refractivity contribution in [2.45, 2.75) is 32.1 Å². The van der Waals surface area contributed by atoms with Crippen LogP contribution in [0.15, 0.2) is 18.2 Å². The Balaban J connectivity index is 1.58. The zero-order valence-electron chi connectivity index (χ0n) is 15.4. The predicted octanol–water partition coefficient (Wildman–Crippen LogP) is 3.09. The Bertz CT molecular complexity index is 687. The summed E-state index contributed by atoms with van der Waals surface area (Å²) < 4.78 is 19.0. The van der Waals surface area contributed by atoms with E-state index in [-0.39, 0.29) is 23.0 Å². The third-order valence-electron chi connectivity index (χ3n) is 5.80. The zero-order valence-corrected chi connectivity index (χ0v) is 15.4. The van der Waals surface area contributed by atoms with Crippen LogP contribution in [-0.2, 0) is 4.79 Å². The van der Waals surface area contributed by atoms with Crippen LogP contribution in [0.1, 0.15) is 32.1 Å². The maximum Gasteiger partial charge on any atom is 0.321 e. The van der Waals surface area contributed by atoms with Gasteiger partial charge in [-0.05, 0) is 43.2 Å². The van der Waals surface area contributed by atoms with Gasteiger partial charge in [0, 0.05) is 39.2 Å². The third kappa shape index (κ3) is 3.92. The fraction of sp³-hybridized carbons (Fsp3) is 0.579. The van der Waals surface area contributed by atoms with Crippen LogP contribution >= 0.6 is 0 Å². The molecule has 1 spiro atoms. The molecule has 0 aliphatic carbocycles. The maximum absolute atomic E-state index is 14.0. The van der Waals surface area contributed by atoms with E-state index >= 15 is 0 Å². The molecule has 0 bridgehead atoms. The highest BCUT2D eigenvalue weighted by Crippen LogP contribution is 2.41. The second-order valence-electron chi connectivity index (χ2n) is 7.33. The van der Waals surface area contributed by atoms with Crippen molar-refractivity contribution in [3.05, 3.63) is 24.0 Å². The number of anilines is 1. The van der Waals surface area contributed by atoms with Gasteiger partial charge in [0.15, 0.2) is 0 Å². The van der Waals surface area contributed by atoms with Crippen molar-refractivity contribution in [2.75, 3.05) is 39.1 Å². The number of ether oxygens (including phenoxy) is 1. The highest BCUT2D eigenvalue weighted by Gasteiger charge is 2.38. The van der Waals surface area contributed by atoms with Gasteiger partial charge in [-0.15, -0.1) is 0 Å². The molecule has 2 fully saturated rings. The molecule has 2 heterocycles. The summed E-state index contributed by atoms with van der Waals surface area (Å²) >= 11 is 0. The summed E-state index contributed by atoms with van der Waals surface area (Å²) in [4.78, 5) is 27.9. The van der Waals surface area contributed by atoms with E-state index in [0.29, 0.717) is 25.3 Å². The van der Waals surface area contributed by atoms with Gasteiger partial charge in [0.25, 0.3) is 0 Å². The van der Waals surface area contributed by atoms with E-state index in [1.165, 1.54) is 19.2 Å². The van der Waals surface area contributed by atoms with E-state index in [9.17, 15) is 14.0 Å². The number of methoxy groups -OCH3 is 1. The number of amides is 3. The summed E-state index contributed by atoms with van der Waals surface area (Å²) in [6.45, 7) is 2.03. The average Bonchev–Trinajstić information content (AvgIpc) is 2.78. The molecule has 142 valence electrons. The number of likely N-dealkylation sites (tertiary alicyclic amines) is 2. The molecule has 6 nitrogen and oxygen atoms in total. The minimum Gasteiger partial charge on any atom is -0.497 e. The Morgan fingerprint density at radius 2 is 1.88 bits per heavy atom. The van der Waals surface area contributed by atoms with E-state index in [4.69, 9.17) is 4.74 Å². The highest BCUT2D eigenvalue weighted by atomic mass is 19.1. The van der Waals surface area contributed by atoms with E-state index in [1.54, 1.807) is 15.9 Å². The molecule has 0 atom stereocenters. The second kappa shape index (κ2) is 7.51. The fourth-order valence-corrected chi connectivity index (χ4v) is 3.82. The molecule has 2 aliphatic rings. The molecule has 2 aliphatic heterocycles. The van der Waals surface area contributed by atoms with Crippen molar-refractivity contribution in [1.82, 2.24) is 9.80 Å². The van der Waals surface area contributed by atoms with Crippen LogP contribution in [0.3, 0.4) is 0 Å². The van der Waals surface area contributed by atoms with Crippen molar-refractivity contribution >= 4 is 17.6 Å². The Hall–Kier alpha value is -2.31. The molecule has 1 N–H and O–H groups in total. The number of hydrogen-bond acceptors (Lipinski definition) is 3. The molecule has 26 heavy (non-hydrogen) atoms. The van der Waals surface area contributed by atoms with Crippen molar-refractivity contribution in [1.29, 1.82) is 0 Å². The number of halogens is 1. The minimum absolute atomic E-state index is 0.141. The summed E-state index contributed by atoms with van der Waals surface area (Å²) in [7, 11) is 3.32. The number of nitrogens with zero attached hydrogens (tertiary/aromatic N) is 2. The second-order valence-corrected chi connectivity index (χ2v) is 7.33. The summed E-state index contributed by atoms with van der Waals surface area (Å²) in [5.41, 5.74) is 0.292. The van der Waals surface area contributed by atoms with Gasteiger partial charge < -0.3 is 19.9 Å². The molecular weight excluding hydrogens is 337 g/mol. The topological polar surface area (TPSA) is 61.9 Å². The van der Waals surface area contributed by atoms with Crippen LogP contribution in [0.5, 0.6) is 5.75 Å². The molecule has 3 rings (SSSR count). The van der Waals surface area contributed by atoms with Gasteiger partial charge in [-0.1, -0.05) is 0 Å². The molecule has 0 radical (unpaired) electrons. The quantitative estimate of drug-likeness (QED) is 0.878. The molecule has 0 aromatic heterocycles. The van der Waals surface area contributed by atoms with Crippen molar-refractivity contribution in [2.24, 2.45) is 5.41 Å². The first-order valence-corrected chi connectivity index (χ1v) is 9.06. The average molecular weight is 363 g/mol. The van der Waals surface area contributed by atoms with Gasteiger partial charge in [0.2, 0.25) is 5.91 Å². The van der Waals surface area contributed by atoms with Gasteiger partial charge in [-0.25, -0.2) is 9.18 Å². The van der Waals surface area contributed by atoms with Crippen LogP contribution < -0.4 is 10.1 Å². The molecule has 0 unspecified atom stereocenters. The monoisotopic (exact) mass is 363 g/mol. The van der Waals surface area contributed by atoms with E-state index in [1.807, 2.05) is 7.05 Å². The number of piperidine rings is 1. The summed E-state index contributed by atoms with van der Waals surface area (Å²) in [5, 5.41) is 2.64. The summed E-state index contributed by atoms with van der Waals surface area (Å²) in [6.07, 6.45) is 4.22. The standard InChI is InChI=1S/C19H26FN3O3/c1-22-10-7-19(6-5-17(22)24)8-11-23(12-9-19)18(25)21-16-4-3-14(26-2)13-15(16)20/h3-4,13H,5-12H2,1-2H3,(H,21,25). The van der Waals surface area contributed by atoms with Gasteiger partial charge in [0.05, 0.1) is 12.8 Å². The molecular formula is C19H26FN3O3. The lowest BCUT2D eigenvalue weighted by atomic mass is 9.73. The van der Waals surface area contributed by atoms with E-state index in [2.05, 4.69) is 5.32 Å². The predicted molar refractivity (Wildman–Crippen MR) is 96.7 cm³/mol. The van der Waals surface area contributed by atoms with Crippen LogP contribution in [0.4, 0.5) is 14.9 Å². The number of urea groups is 1. The molecule has 7 heteroatoms. The Morgan fingerprint density at radius 3 is 2.54 bits per heavy atom. The van der Waals surface area contributed by atoms with Crippen LogP contribution in [0, 0.1) is 11.2 Å². The van der Waals surface area contributed by atoms with Gasteiger partial charge in [-0.3, -0.25) is 4.79 Å². The van der Waals surface area contributed by atoms with Crippen LogP contribution in [0.2, 0.25) is 0 Å². The largest absolute Gasteiger partial charge is 0.497 e. The maximum atomic E-state index is 14.0. The normalized spacial score (nSPS) is 20.0. The van der Waals surface area contributed by atoms with Gasteiger partial charge in [0.1, 0.15) is 11.6 Å². The first kappa shape index (κ1) is 18.5. The lowest BCUT2D eigenvalue weighted by Gasteiger charge is -2.41. The van der Waals surface area contributed by atoms with Crippen LogP contribution in [0.25, 0.3) is 0 Å². The molecule has 3 amide bonds. The van der Waals surface area contributed by atoms with Crippen molar-refractivity contribution in [3.63, 3.8) is 0 Å².